The smallest absolute Gasteiger partial charge is 0.266 e. The van der Waals surface area contributed by atoms with Gasteiger partial charge in [0, 0.05) is 18.7 Å². The van der Waals surface area contributed by atoms with E-state index in [9.17, 15) is 9.59 Å². The molecule has 2 heterocycles. The maximum absolute atomic E-state index is 12.8. The number of carbonyl (C=O) groups is 2. The predicted molar refractivity (Wildman–Crippen MR) is 131 cm³/mol. The van der Waals surface area contributed by atoms with E-state index in [-0.39, 0.29) is 18.6 Å². The number of anilines is 1. The molecule has 6 nitrogen and oxygen atoms in total. The molecule has 0 saturated carbocycles. The Morgan fingerprint density at radius 3 is 2.72 bits per heavy atom. The topological polar surface area (TPSA) is 67.9 Å². The van der Waals surface area contributed by atoms with Crippen LogP contribution in [0.1, 0.15) is 36.8 Å². The summed E-state index contributed by atoms with van der Waals surface area (Å²) in [4.78, 5) is 27.1. The molecule has 0 aromatic heterocycles. The predicted octanol–water partition coefficient (Wildman–Crippen LogP) is 5.12. The van der Waals surface area contributed by atoms with Crippen LogP contribution < -0.4 is 14.8 Å². The molecule has 0 atom stereocenters. The number of hydrogen-bond acceptors (Lipinski definition) is 6. The van der Waals surface area contributed by atoms with Crippen LogP contribution in [0.25, 0.3) is 6.08 Å². The summed E-state index contributed by atoms with van der Waals surface area (Å²) in [6.07, 6.45) is 4.69. The van der Waals surface area contributed by atoms with Gasteiger partial charge in [0.25, 0.3) is 5.91 Å². The van der Waals surface area contributed by atoms with Gasteiger partial charge < -0.3 is 14.8 Å². The molecular formula is C24H24N2O4S2. The van der Waals surface area contributed by atoms with Gasteiger partial charge in [0.15, 0.2) is 11.5 Å². The van der Waals surface area contributed by atoms with E-state index in [0.29, 0.717) is 33.7 Å². The number of nitrogens with one attached hydrogen (secondary N) is 1. The Kier molecular flexibility index (Phi) is 7.12. The van der Waals surface area contributed by atoms with E-state index in [1.807, 2.05) is 55.5 Å². The Labute approximate surface area is 197 Å². The van der Waals surface area contributed by atoms with Crippen molar-refractivity contribution in [3.63, 3.8) is 0 Å². The highest BCUT2D eigenvalue weighted by Gasteiger charge is 2.31. The molecular weight excluding hydrogens is 444 g/mol. The summed E-state index contributed by atoms with van der Waals surface area (Å²) in [5, 5.41) is 2.91. The number of fused-ring (bicyclic) bond motifs is 1. The molecule has 4 rings (SSSR count). The highest BCUT2D eigenvalue weighted by atomic mass is 32.2. The van der Waals surface area contributed by atoms with Crippen molar-refractivity contribution in [3.8, 4) is 11.5 Å². The van der Waals surface area contributed by atoms with Crippen molar-refractivity contribution in [1.82, 2.24) is 4.90 Å². The fourth-order valence-corrected chi connectivity index (χ4v) is 4.75. The number of benzene rings is 2. The lowest BCUT2D eigenvalue weighted by molar-refractivity contribution is -0.122. The maximum atomic E-state index is 12.8. The molecule has 1 saturated heterocycles. The zero-order valence-electron chi connectivity index (χ0n) is 17.8. The second-order valence-electron chi connectivity index (χ2n) is 7.67. The van der Waals surface area contributed by atoms with Gasteiger partial charge in [-0.05, 0) is 55.7 Å². The van der Waals surface area contributed by atoms with Gasteiger partial charge in [-0.15, -0.1) is 0 Å². The van der Waals surface area contributed by atoms with Gasteiger partial charge in [0.05, 0.1) is 4.91 Å². The highest BCUT2D eigenvalue weighted by Crippen LogP contribution is 2.36. The molecule has 2 aromatic rings. The molecule has 1 N–H and O–H groups in total. The van der Waals surface area contributed by atoms with Crippen molar-refractivity contribution < 1.29 is 19.1 Å². The standard InChI is InChI=1S/C24H24N2O4S2/c1-16-6-9-18(10-7-16)25-22(27)5-3-2-4-12-26-23(28)21(32-24(26)31)14-17-8-11-19-20(13-17)30-15-29-19/h6-11,13-14H,2-5,12,15H2,1H3,(H,25,27)/b21-14-. The molecule has 0 radical (unpaired) electrons. The van der Waals surface area contributed by atoms with Crippen molar-refractivity contribution >= 4 is 51.9 Å². The first-order chi connectivity index (χ1) is 15.5. The van der Waals surface area contributed by atoms with E-state index in [4.69, 9.17) is 21.7 Å². The third kappa shape index (κ3) is 5.49. The van der Waals surface area contributed by atoms with Crippen molar-refractivity contribution in [2.24, 2.45) is 0 Å². The Bertz CT molecular complexity index is 1070. The molecule has 32 heavy (non-hydrogen) atoms. The van der Waals surface area contributed by atoms with Crippen LogP contribution in [0.5, 0.6) is 11.5 Å². The number of amides is 2. The van der Waals surface area contributed by atoms with Crippen LogP contribution in [0.4, 0.5) is 5.69 Å². The van der Waals surface area contributed by atoms with Gasteiger partial charge in [-0.1, -0.05) is 54.2 Å². The van der Waals surface area contributed by atoms with E-state index >= 15 is 0 Å². The number of nitrogens with zero attached hydrogens (tertiary/aromatic N) is 1. The summed E-state index contributed by atoms with van der Waals surface area (Å²) in [7, 11) is 0. The summed E-state index contributed by atoms with van der Waals surface area (Å²) in [5.74, 6) is 1.32. The number of unbranched alkanes of at least 4 members (excludes halogenated alkanes) is 2. The zero-order valence-corrected chi connectivity index (χ0v) is 19.4. The number of aryl methyl sites for hydroxylation is 1. The monoisotopic (exact) mass is 468 g/mol. The summed E-state index contributed by atoms with van der Waals surface area (Å²) < 4.78 is 11.3. The van der Waals surface area contributed by atoms with Gasteiger partial charge in [-0.25, -0.2) is 0 Å². The summed E-state index contributed by atoms with van der Waals surface area (Å²) in [6, 6.07) is 13.3. The van der Waals surface area contributed by atoms with Crippen LogP contribution in [0.15, 0.2) is 47.4 Å². The van der Waals surface area contributed by atoms with Gasteiger partial charge in [0.1, 0.15) is 4.32 Å². The lowest BCUT2D eigenvalue weighted by Crippen LogP contribution is -2.29. The molecule has 8 heteroatoms. The normalized spacial score (nSPS) is 16.2. The number of ether oxygens (including phenoxy) is 2. The first kappa shape index (κ1) is 22.4. The van der Waals surface area contributed by atoms with Gasteiger partial charge >= 0.3 is 0 Å². The molecule has 2 amide bonds. The summed E-state index contributed by atoms with van der Waals surface area (Å²) in [5.41, 5.74) is 2.84. The minimum Gasteiger partial charge on any atom is -0.454 e. The third-order valence-electron chi connectivity index (χ3n) is 5.19. The Hall–Kier alpha value is -2.84. The van der Waals surface area contributed by atoms with Crippen molar-refractivity contribution in [1.29, 1.82) is 0 Å². The van der Waals surface area contributed by atoms with E-state index in [1.165, 1.54) is 11.8 Å². The van der Waals surface area contributed by atoms with Crippen molar-refractivity contribution in [2.75, 3.05) is 18.7 Å². The third-order valence-corrected chi connectivity index (χ3v) is 6.57. The average Bonchev–Trinajstić information content (AvgIpc) is 3.34. The number of thiocarbonyl (C=S) groups is 1. The van der Waals surface area contributed by atoms with Gasteiger partial charge in [-0.3, -0.25) is 14.5 Å². The van der Waals surface area contributed by atoms with Crippen LogP contribution in [0, 0.1) is 6.92 Å². The second kappa shape index (κ2) is 10.2. The van der Waals surface area contributed by atoms with E-state index in [1.54, 1.807) is 4.90 Å². The van der Waals surface area contributed by atoms with Crippen LogP contribution >= 0.6 is 24.0 Å². The van der Waals surface area contributed by atoms with Gasteiger partial charge in [-0.2, -0.15) is 0 Å². The minimum atomic E-state index is -0.0743. The second-order valence-corrected chi connectivity index (χ2v) is 9.35. The van der Waals surface area contributed by atoms with E-state index < -0.39 is 0 Å². The summed E-state index contributed by atoms with van der Waals surface area (Å²) in [6.45, 7) is 2.79. The average molecular weight is 469 g/mol. The van der Waals surface area contributed by atoms with Crippen LogP contribution in [0.3, 0.4) is 0 Å². The lowest BCUT2D eigenvalue weighted by atomic mass is 10.1. The van der Waals surface area contributed by atoms with E-state index in [2.05, 4.69) is 5.32 Å². The Morgan fingerprint density at radius 2 is 1.91 bits per heavy atom. The molecule has 0 bridgehead atoms. The fraction of sp³-hybridized carbons (Fsp3) is 0.292. The number of hydrogen-bond donors (Lipinski definition) is 1. The Balaban J connectivity index is 1.22. The highest BCUT2D eigenvalue weighted by molar-refractivity contribution is 8.26. The molecule has 0 unspecified atom stereocenters. The molecule has 2 aromatic carbocycles. The molecule has 2 aliphatic rings. The number of thioether (sulfide) groups is 1. The van der Waals surface area contributed by atoms with Crippen molar-refractivity contribution in [2.45, 2.75) is 32.6 Å². The largest absolute Gasteiger partial charge is 0.454 e. The van der Waals surface area contributed by atoms with Crippen molar-refractivity contribution in [3.05, 3.63) is 58.5 Å². The molecule has 0 spiro atoms. The SMILES string of the molecule is Cc1ccc(NC(=O)CCCCCN2C(=O)/C(=C/c3ccc4c(c3)OCO4)SC2=S)cc1. The molecule has 2 aliphatic heterocycles. The fourth-order valence-electron chi connectivity index (χ4n) is 3.44. The molecule has 166 valence electrons. The molecule has 1 fully saturated rings. The zero-order chi connectivity index (χ0) is 22.5. The first-order valence-corrected chi connectivity index (χ1v) is 11.7. The first-order valence-electron chi connectivity index (χ1n) is 10.5. The van der Waals surface area contributed by atoms with Crippen LogP contribution in [-0.4, -0.2) is 34.4 Å². The summed E-state index contributed by atoms with van der Waals surface area (Å²) >= 11 is 6.72. The van der Waals surface area contributed by atoms with Crippen LogP contribution in [0.2, 0.25) is 0 Å². The maximum Gasteiger partial charge on any atom is 0.266 e. The minimum absolute atomic E-state index is 0.00567. The molecule has 0 aliphatic carbocycles. The van der Waals surface area contributed by atoms with E-state index in [0.717, 1.165) is 36.1 Å². The van der Waals surface area contributed by atoms with Gasteiger partial charge in [0.2, 0.25) is 12.7 Å². The Morgan fingerprint density at radius 1 is 1.12 bits per heavy atom. The quantitative estimate of drug-likeness (QED) is 0.329. The number of carbonyl (C=O) groups excluding carboxylic acids is 2. The lowest BCUT2D eigenvalue weighted by Gasteiger charge is -2.14. The number of rotatable bonds is 8. The van der Waals surface area contributed by atoms with Crippen LogP contribution in [-0.2, 0) is 9.59 Å².